The zero-order chi connectivity index (χ0) is 13.4. The van der Waals surface area contributed by atoms with Gasteiger partial charge in [0, 0.05) is 19.2 Å². The average Bonchev–Trinajstić information content (AvgIpc) is 2.36. The third-order valence-electron chi connectivity index (χ3n) is 3.69. The predicted molar refractivity (Wildman–Crippen MR) is 71.8 cm³/mol. The molecule has 0 bridgehead atoms. The lowest BCUT2D eigenvalue weighted by molar-refractivity contribution is -0.150. The molecule has 0 spiro atoms. The molecule has 1 aliphatic rings. The van der Waals surface area contributed by atoms with Crippen LogP contribution in [0.4, 0.5) is 0 Å². The maximum absolute atomic E-state index is 11.0. The first-order valence-corrected chi connectivity index (χ1v) is 7.27. The number of carbonyl (C=O) groups is 1. The highest BCUT2D eigenvalue weighted by atomic mass is 16.5. The second-order valence-electron chi connectivity index (χ2n) is 5.05. The molecule has 2 unspecified atom stereocenters. The first-order valence-electron chi connectivity index (χ1n) is 7.27. The molecule has 2 atom stereocenters. The molecule has 0 radical (unpaired) electrons. The first kappa shape index (κ1) is 15.4. The molecule has 0 saturated carbocycles. The number of piperidine rings is 1. The Bertz CT molecular complexity index is 243. The second-order valence-corrected chi connectivity index (χ2v) is 5.05. The smallest absolute Gasteiger partial charge is 0.332 e. The van der Waals surface area contributed by atoms with E-state index in [0.717, 1.165) is 13.1 Å². The van der Waals surface area contributed by atoms with E-state index in [9.17, 15) is 4.79 Å². The fourth-order valence-electron chi connectivity index (χ4n) is 2.78. The van der Waals surface area contributed by atoms with Crippen molar-refractivity contribution >= 4 is 5.97 Å². The number of aliphatic carboxylic acids is 1. The van der Waals surface area contributed by atoms with Gasteiger partial charge in [-0.05, 0) is 39.2 Å². The third-order valence-corrected chi connectivity index (χ3v) is 3.69. The molecule has 1 saturated heterocycles. The summed E-state index contributed by atoms with van der Waals surface area (Å²) in [5, 5.41) is 9.06. The molecule has 0 amide bonds. The van der Waals surface area contributed by atoms with Crippen LogP contribution in [0.1, 0.15) is 52.4 Å². The molecule has 4 nitrogen and oxygen atoms in total. The standard InChI is InChI=1S/C14H27NO3/c1-3-7-12-8-5-6-10-15(12)11-9-13(14(16)17)18-4-2/h12-13H,3-11H2,1-2H3,(H,16,17). The normalized spacial score (nSPS) is 22.9. The fourth-order valence-corrected chi connectivity index (χ4v) is 2.78. The highest BCUT2D eigenvalue weighted by Gasteiger charge is 2.24. The maximum atomic E-state index is 11.0. The summed E-state index contributed by atoms with van der Waals surface area (Å²) in [7, 11) is 0. The molecule has 1 aliphatic heterocycles. The molecule has 1 rings (SSSR count). The van der Waals surface area contributed by atoms with Crippen molar-refractivity contribution in [1.82, 2.24) is 4.90 Å². The van der Waals surface area contributed by atoms with Crippen LogP contribution in [0.2, 0.25) is 0 Å². The number of hydrogen-bond acceptors (Lipinski definition) is 3. The lowest BCUT2D eigenvalue weighted by Gasteiger charge is -2.36. The zero-order valence-corrected chi connectivity index (χ0v) is 11.7. The summed E-state index contributed by atoms with van der Waals surface area (Å²) < 4.78 is 5.26. The van der Waals surface area contributed by atoms with E-state index in [-0.39, 0.29) is 0 Å². The summed E-state index contributed by atoms with van der Waals surface area (Å²) in [5.41, 5.74) is 0. The van der Waals surface area contributed by atoms with Gasteiger partial charge in [-0.25, -0.2) is 4.79 Å². The SMILES string of the molecule is CCCC1CCCCN1CCC(OCC)C(=O)O. The van der Waals surface area contributed by atoms with Gasteiger partial charge >= 0.3 is 5.97 Å². The summed E-state index contributed by atoms with van der Waals surface area (Å²) in [6.45, 7) is 6.49. The molecule has 0 aromatic heterocycles. The third kappa shape index (κ3) is 4.94. The van der Waals surface area contributed by atoms with Gasteiger partial charge in [-0.2, -0.15) is 0 Å². The minimum atomic E-state index is -0.832. The maximum Gasteiger partial charge on any atom is 0.332 e. The first-order chi connectivity index (χ1) is 8.69. The van der Waals surface area contributed by atoms with Gasteiger partial charge in [0.15, 0.2) is 6.10 Å². The van der Waals surface area contributed by atoms with Crippen molar-refractivity contribution in [2.75, 3.05) is 19.7 Å². The Morgan fingerprint density at radius 1 is 1.44 bits per heavy atom. The van der Waals surface area contributed by atoms with Crippen LogP contribution in [-0.4, -0.2) is 47.8 Å². The molecular weight excluding hydrogens is 230 g/mol. The van der Waals surface area contributed by atoms with Gasteiger partial charge in [-0.1, -0.05) is 19.8 Å². The van der Waals surface area contributed by atoms with Gasteiger partial charge in [-0.3, -0.25) is 0 Å². The van der Waals surface area contributed by atoms with Crippen LogP contribution in [0.15, 0.2) is 0 Å². The molecular formula is C14H27NO3. The number of likely N-dealkylation sites (tertiary alicyclic amines) is 1. The summed E-state index contributed by atoms with van der Waals surface area (Å²) in [6.07, 6.45) is 6.21. The quantitative estimate of drug-likeness (QED) is 0.726. The van der Waals surface area contributed by atoms with Gasteiger partial charge in [-0.15, -0.1) is 0 Å². The lowest BCUT2D eigenvalue weighted by atomic mass is 9.98. The van der Waals surface area contributed by atoms with Crippen molar-refractivity contribution < 1.29 is 14.6 Å². The number of nitrogens with zero attached hydrogens (tertiary/aromatic N) is 1. The van der Waals surface area contributed by atoms with Crippen LogP contribution in [0, 0.1) is 0 Å². The van der Waals surface area contributed by atoms with Crippen LogP contribution >= 0.6 is 0 Å². The van der Waals surface area contributed by atoms with Gasteiger partial charge in [0.05, 0.1) is 0 Å². The summed E-state index contributed by atoms with van der Waals surface area (Å²) in [6, 6.07) is 0.653. The molecule has 0 aromatic carbocycles. The van der Waals surface area contributed by atoms with E-state index in [1.807, 2.05) is 6.92 Å². The molecule has 1 N–H and O–H groups in total. The van der Waals surface area contributed by atoms with Gasteiger partial charge in [0.2, 0.25) is 0 Å². The van der Waals surface area contributed by atoms with Crippen molar-refractivity contribution in [3.05, 3.63) is 0 Å². The Kier molecular flexibility index (Phi) is 7.28. The van der Waals surface area contributed by atoms with Crippen LogP contribution < -0.4 is 0 Å². The van der Waals surface area contributed by atoms with Crippen LogP contribution in [0.5, 0.6) is 0 Å². The molecule has 1 fully saturated rings. The molecule has 4 heteroatoms. The predicted octanol–water partition coefficient (Wildman–Crippen LogP) is 2.52. The number of hydrogen-bond donors (Lipinski definition) is 1. The van der Waals surface area contributed by atoms with Crippen molar-refractivity contribution in [1.29, 1.82) is 0 Å². The zero-order valence-electron chi connectivity index (χ0n) is 11.7. The van der Waals surface area contributed by atoms with E-state index in [1.54, 1.807) is 0 Å². The summed E-state index contributed by atoms with van der Waals surface area (Å²) in [4.78, 5) is 13.5. The van der Waals surface area contributed by atoms with Crippen LogP contribution in [0.25, 0.3) is 0 Å². The Morgan fingerprint density at radius 2 is 2.22 bits per heavy atom. The second kappa shape index (κ2) is 8.48. The topological polar surface area (TPSA) is 49.8 Å². The van der Waals surface area contributed by atoms with Crippen LogP contribution in [0.3, 0.4) is 0 Å². The van der Waals surface area contributed by atoms with Gasteiger partial charge < -0.3 is 14.7 Å². The van der Waals surface area contributed by atoms with E-state index in [2.05, 4.69) is 11.8 Å². The minimum absolute atomic E-state index is 0.468. The number of carboxylic acid groups (broad SMARTS) is 1. The Labute approximate surface area is 110 Å². The van der Waals surface area contributed by atoms with Crippen molar-refractivity contribution in [2.24, 2.45) is 0 Å². The number of ether oxygens (including phenoxy) is 1. The van der Waals surface area contributed by atoms with E-state index in [4.69, 9.17) is 9.84 Å². The van der Waals surface area contributed by atoms with E-state index >= 15 is 0 Å². The fraction of sp³-hybridized carbons (Fsp3) is 0.929. The van der Waals surface area contributed by atoms with E-state index < -0.39 is 12.1 Å². The summed E-state index contributed by atoms with van der Waals surface area (Å²) in [5.74, 6) is -0.832. The largest absolute Gasteiger partial charge is 0.479 e. The van der Waals surface area contributed by atoms with Gasteiger partial charge in [0.25, 0.3) is 0 Å². The van der Waals surface area contributed by atoms with E-state index in [0.29, 0.717) is 19.1 Å². The highest BCUT2D eigenvalue weighted by molar-refractivity contribution is 5.72. The number of rotatable bonds is 8. The molecule has 1 heterocycles. The van der Waals surface area contributed by atoms with Gasteiger partial charge in [0.1, 0.15) is 0 Å². The average molecular weight is 257 g/mol. The Morgan fingerprint density at radius 3 is 2.83 bits per heavy atom. The molecule has 18 heavy (non-hydrogen) atoms. The van der Waals surface area contributed by atoms with Crippen molar-refractivity contribution in [3.63, 3.8) is 0 Å². The monoisotopic (exact) mass is 257 g/mol. The molecule has 0 aromatic rings. The highest BCUT2D eigenvalue weighted by Crippen LogP contribution is 2.21. The Balaban J connectivity index is 2.40. The molecule has 0 aliphatic carbocycles. The van der Waals surface area contributed by atoms with Crippen LogP contribution in [-0.2, 0) is 9.53 Å². The van der Waals surface area contributed by atoms with Crippen molar-refractivity contribution in [3.8, 4) is 0 Å². The van der Waals surface area contributed by atoms with Crippen molar-refractivity contribution in [2.45, 2.75) is 64.5 Å². The Hall–Kier alpha value is -0.610. The minimum Gasteiger partial charge on any atom is -0.479 e. The lowest BCUT2D eigenvalue weighted by Crippen LogP contribution is -2.41. The number of carboxylic acids is 1. The molecule has 106 valence electrons. The summed E-state index contributed by atoms with van der Waals surface area (Å²) >= 11 is 0. The van der Waals surface area contributed by atoms with E-state index in [1.165, 1.54) is 32.1 Å².